The van der Waals surface area contributed by atoms with Crippen molar-refractivity contribution in [3.63, 3.8) is 0 Å². The summed E-state index contributed by atoms with van der Waals surface area (Å²) in [6.45, 7) is 8.31. The SMILES string of the molecule is C=Cc1ccc(CCNN)cc1C=C. The van der Waals surface area contributed by atoms with Gasteiger partial charge >= 0.3 is 0 Å². The molecule has 0 aliphatic carbocycles. The summed E-state index contributed by atoms with van der Waals surface area (Å²) < 4.78 is 0. The lowest BCUT2D eigenvalue weighted by atomic mass is 10.0. The minimum Gasteiger partial charge on any atom is -0.271 e. The number of nitrogens with one attached hydrogen (secondary N) is 1. The van der Waals surface area contributed by atoms with Crippen molar-refractivity contribution >= 4 is 12.2 Å². The Morgan fingerprint density at radius 3 is 2.50 bits per heavy atom. The lowest BCUT2D eigenvalue weighted by molar-refractivity contribution is 0.728. The Morgan fingerprint density at radius 2 is 1.93 bits per heavy atom. The van der Waals surface area contributed by atoms with E-state index in [1.165, 1.54) is 5.56 Å². The molecule has 0 aliphatic heterocycles. The van der Waals surface area contributed by atoms with E-state index in [0.29, 0.717) is 0 Å². The van der Waals surface area contributed by atoms with E-state index in [1.807, 2.05) is 12.2 Å². The average Bonchev–Trinajstić information content (AvgIpc) is 2.25. The fourth-order valence-corrected chi connectivity index (χ4v) is 1.36. The van der Waals surface area contributed by atoms with Gasteiger partial charge in [-0.3, -0.25) is 11.3 Å². The minimum atomic E-state index is 0.782. The molecule has 14 heavy (non-hydrogen) atoms. The zero-order valence-corrected chi connectivity index (χ0v) is 8.29. The maximum atomic E-state index is 5.22. The van der Waals surface area contributed by atoms with Crippen LogP contribution >= 0.6 is 0 Å². The first-order chi connectivity index (χ1) is 6.81. The molecule has 0 radical (unpaired) electrons. The third kappa shape index (κ3) is 2.55. The van der Waals surface area contributed by atoms with E-state index < -0.39 is 0 Å². The summed E-state index contributed by atoms with van der Waals surface area (Å²) in [5.41, 5.74) is 6.12. The fourth-order valence-electron chi connectivity index (χ4n) is 1.36. The molecule has 0 spiro atoms. The molecule has 0 fully saturated rings. The second kappa shape index (κ2) is 5.37. The Kier molecular flexibility index (Phi) is 4.11. The average molecular weight is 188 g/mol. The molecule has 0 heterocycles. The van der Waals surface area contributed by atoms with E-state index in [2.05, 4.69) is 36.8 Å². The number of benzene rings is 1. The Morgan fingerprint density at radius 1 is 1.21 bits per heavy atom. The van der Waals surface area contributed by atoms with E-state index in [0.717, 1.165) is 24.1 Å². The maximum absolute atomic E-state index is 5.22. The Labute approximate surface area is 85.1 Å². The normalized spacial score (nSPS) is 9.79. The molecule has 0 aliphatic rings. The van der Waals surface area contributed by atoms with Gasteiger partial charge in [0.15, 0.2) is 0 Å². The smallest absolute Gasteiger partial charge is 0.0138 e. The molecule has 0 saturated heterocycles. The first-order valence-electron chi connectivity index (χ1n) is 4.63. The van der Waals surface area contributed by atoms with Crippen LogP contribution in [-0.4, -0.2) is 6.54 Å². The second-order valence-electron chi connectivity index (χ2n) is 3.08. The van der Waals surface area contributed by atoms with Gasteiger partial charge in [0.2, 0.25) is 0 Å². The standard InChI is InChI=1S/C12H16N2/c1-3-11-6-5-10(7-8-14-13)9-12(11)4-2/h3-6,9,14H,1-2,7-8,13H2. The van der Waals surface area contributed by atoms with Crippen LogP contribution < -0.4 is 11.3 Å². The third-order valence-electron chi connectivity index (χ3n) is 2.15. The molecule has 2 nitrogen and oxygen atoms in total. The van der Waals surface area contributed by atoms with Crippen molar-refractivity contribution < 1.29 is 0 Å². The van der Waals surface area contributed by atoms with Crippen molar-refractivity contribution in [2.75, 3.05) is 6.54 Å². The van der Waals surface area contributed by atoms with Crippen LogP contribution in [0, 0.1) is 0 Å². The number of hydrogen-bond acceptors (Lipinski definition) is 2. The van der Waals surface area contributed by atoms with Crippen LogP contribution in [0.1, 0.15) is 16.7 Å². The molecule has 3 N–H and O–H groups in total. The topological polar surface area (TPSA) is 38.0 Å². The van der Waals surface area contributed by atoms with E-state index in [-0.39, 0.29) is 0 Å². The van der Waals surface area contributed by atoms with Crippen LogP contribution in [-0.2, 0) is 6.42 Å². The lowest BCUT2D eigenvalue weighted by Crippen LogP contribution is -2.24. The minimum absolute atomic E-state index is 0.782. The summed E-state index contributed by atoms with van der Waals surface area (Å²) in [6, 6.07) is 6.25. The summed E-state index contributed by atoms with van der Waals surface area (Å²) in [4.78, 5) is 0. The predicted molar refractivity (Wildman–Crippen MR) is 62.5 cm³/mol. The highest BCUT2D eigenvalue weighted by Crippen LogP contribution is 2.14. The van der Waals surface area contributed by atoms with Crippen molar-refractivity contribution in [1.82, 2.24) is 5.43 Å². The molecule has 0 aromatic heterocycles. The van der Waals surface area contributed by atoms with Crippen LogP contribution in [0.15, 0.2) is 31.4 Å². The Bertz CT molecular complexity index is 329. The number of rotatable bonds is 5. The Hall–Kier alpha value is -1.38. The summed E-state index contributed by atoms with van der Waals surface area (Å²) in [5.74, 6) is 5.22. The van der Waals surface area contributed by atoms with Gasteiger partial charge in [0, 0.05) is 6.54 Å². The predicted octanol–water partition coefficient (Wildman–Crippen LogP) is 1.98. The van der Waals surface area contributed by atoms with Crippen LogP contribution in [0.2, 0.25) is 0 Å². The van der Waals surface area contributed by atoms with Crippen LogP contribution in [0.25, 0.3) is 12.2 Å². The first-order valence-corrected chi connectivity index (χ1v) is 4.63. The van der Waals surface area contributed by atoms with Crippen LogP contribution in [0.4, 0.5) is 0 Å². The highest BCUT2D eigenvalue weighted by molar-refractivity contribution is 5.64. The maximum Gasteiger partial charge on any atom is 0.0138 e. The second-order valence-corrected chi connectivity index (χ2v) is 3.08. The van der Waals surface area contributed by atoms with Crippen molar-refractivity contribution in [2.24, 2.45) is 5.84 Å². The zero-order chi connectivity index (χ0) is 10.4. The van der Waals surface area contributed by atoms with Gasteiger partial charge in [0.05, 0.1) is 0 Å². The Balaban J connectivity index is 2.89. The largest absolute Gasteiger partial charge is 0.271 e. The molecule has 2 heteroatoms. The van der Waals surface area contributed by atoms with Gasteiger partial charge in [-0.1, -0.05) is 43.5 Å². The van der Waals surface area contributed by atoms with Gasteiger partial charge in [0.25, 0.3) is 0 Å². The van der Waals surface area contributed by atoms with E-state index in [9.17, 15) is 0 Å². The lowest BCUT2D eigenvalue weighted by Gasteiger charge is -2.05. The van der Waals surface area contributed by atoms with Gasteiger partial charge in [0.1, 0.15) is 0 Å². The van der Waals surface area contributed by atoms with Crippen molar-refractivity contribution in [3.8, 4) is 0 Å². The quantitative estimate of drug-likeness (QED) is 0.547. The summed E-state index contributed by atoms with van der Waals surface area (Å²) in [7, 11) is 0. The van der Waals surface area contributed by atoms with Crippen molar-refractivity contribution in [2.45, 2.75) is 6.42 Å². The summed E-state index contributed by atoms with van der Waals surface area (Å²) in [5, 5.41) is 0. The number of hydrazine groups is 1. The van der Waals surface area contributed by atoms with Gasteiger partial charge in [-0.25, -0.2) is 0 Å². The number of nitrogens with two attached hydrogens (primary N) is 1. The van der Waals surface area contributed by atoms with Gasteiger partial charge in [-0.15, -0.1) is 0 Å². The van der Waals surface area contributed by atoms with Gasteiger partial charge in [-0.2, -0.15) is 0 Å². The van der Waals surface area contributed by atoms with Crippen LogP contribution in [0.3, 0.4) is 0 Å². The van der Waals surface area contributed by atoms with Gasteiger partial charge in [-0.05, 0) is 23.1 Å². The molecule has 0 unspecified atom stereocenters. The molecule has 0 bridgehead atoms. The van der Waals surface area contributed by atoms with Crippen LogP contribution in [0.5, 0.6) is 0 Å². The van der Waals surface area contributed by atoms with E-state index in [4.69, 9.17) is 5.84 Å². The van der Waals surface area contributed by atoms with E-state index >= 15 is 0 Å². The molecular weight excluding hydrogens is 172 g/mol. The molecular formula is C12H16N2. The summed E-state index contributed by atoms with van der Waals surface area (Å²) >= 11 is 0. The highest BCUT2D eigenvalue weighted by Gasteiger charge is 1.97. The number of hydrogen-bond donors (Lipinski definition) is 2. The first kappa shape index (κ1) is 10.7. The third-order valence-corrected chi connectivity index (χ3v) is 2.15. The molecule has 74 valence electrons. The molecule has 0 saturated carbocycles. The molecule has 1 aromatic rings. The molecule has 1 rings (SSSR count). The zero-order valence-electron chi connectivity index (χ0n) is 8.29. The molecule has 0 atom stereocenters. The van der Waals surface area contributed by atoms with E-state index in [1.54, 1.807) is 0 Å². The monoisotopic (exact) mass is 188 g/mol. The molecule has 0 amide bonds. The van der Waals surface area contributed by atoms with Gasteiger partial charge < -0.3 is 0 Å². The summed E-state index contributed by atoms with van der Waals surface area (Å²) in [6.07, 6.45) is 4.60. The highest BCUT2D eigenvalue weighted by atomic mass is 15.2. The fraction of sp³-hybridized carbons (Fsp3) is 0.167. The van der Waals surface area contributed by atoms with Crippen molar-refractivity contribution in [1.29, 1.82) is 0 Å². The molecule has 1 aromatic carbocycles. The van der Waals surface area contributed by atoms with Crippen molar-refractivity contribution in [3.05, 3.63) is 48.0 Å².